The van der Waals surface area contributed by atoms with Crippen molar-refractivity contribution in [3.63, 3.8) is 0 Å². The third kappa shape index (κ3) is 3.82. The number of aromatic nitrogens is 5. The number of benzene rings is 1. The predicted octanol–water partition coefficient (Wildman–Crippen LogP) is 3.24. The number of nitrogens with one attached hydrogen (secondary N) is 1. The van der Waals surface area contributed by atoms with Crippen LogP contribution >= 0.6 is 15.9 Å². The molecule has 1 N–H and O–H groups in total. The lowest BCUT2D eigenvalue weighted by molar-refractivity contribution is -0.119. The van der Waals surface area contributed by atoms with Crippen LogP contribution in [-0.4, -0.2) is 30.5 Å². The predicted molar refractivity (Wildman–Crippen MR) is 98.3 cm³/mol. The van der Waals surface area contributed by atoms with Gasteiger partial charge in [-0.05, 0) is 54.4 Å². The number of anilines is 1. The Bertz CT molecular complexity index is 933. The summed E-state index contributed by atoms with van der Waals surface area (Å²) in [5, 5.41) is 11.3. The van der Waals surface area contributed by atoms with Gasteiger partial charge in [-0.1, -0.05) is 12.1 Å². The molecule has 2 heterocycles. The van der Waals surface area contributed by atoms with Crippen LogP contribution in [0.25, 0.3) is 0 Å². The smallest absolute Gasteiger partial charge is 0.251 e. The van der Waals surface area contributed by atoms with Crippen LogP contribution in [0.3, 0.4) is 0 Å². The maximum Gasteiger partial charge on any atom is 0.251 e. The fourth-order valence-electron chi connectivity index (χ4n) is 2.55. The number of carbonyl (C=O) groups excluding carboxylic acids is 1. The molecule has 0 bridgehead atoms. The molecule has 0 aliphatic rings. The summed E-state index contributed by atoms with van der Waals surface area (Å²) in [5.74, 6) is -0.336. The van der Waals surface area contributed by atoms with E-state index in [2.05, 4.69) is 36.4 Å². The van der Waals surface area contributed by atoms with Crippen LogP contribution in [0.5, 0.6) is 0 Å². The number of amides is 1. The minimum absolute atomic E-state index is 0.213. The van der Waals surface area contributed by atoms with Gasteiger partial charge in [-0.3, -0.25) is 14.8 Å². The second kappa shape index (κ2) is 7.36. The molecule has 0 spiro atoms. The lowest BCUT2D eigenvalue weighted by Crippen LogP contribution is -2.25. The van der Waals surface area contributed by atoms with Crippen LogP contribution < -0.4 is 5.32 Å². The Morgan fingerprint density at radius 3 is 2.58 bits per heavy atom. The van der Waals surface area contributed by atoms with Gasteiger partial charge < -0.3 is 0 Å². The van der Waals surface area contributed by atoms with Gasteiger partial charge in [0.05, 0.1) is 22.4 Å². The zero-order valence-corrected chi connectivity index (χ0v) is 16.2. The van der Waals surface area contributed by atoms with Crippen molar-refractivity contribution in [2.45, 2.75) is 33.4 Å². The molecule has 7 nitrogen and oxygen atoms in total. The molecular weight excluding hydrogens is 403 g/mol. The molecule has 1 amide bonds. The molecule has 3 rings (SSSR count). The largest absolute Gasteiger partial charge is 0.291 e. The Labute approximate surface area is 158 Å². The molecule has 0 radical (unpaired) electrons. The highest BCUT2D eigenvalue weighted by atomic mass is 79.9. The zero-order valence-electron chi connectivity index (χ0n) is 14.6. The van der Waals surface area contributed by atoms with Crippen molar-refractivity contribution < 1.29 is 9.18 Å². The van der Waals surface area contributed by atoms with E-state index >= 15 is 0 Å². The van der Waals surface area contributed by atoms with Crippen LogP contribution in [0.1, 0.15) is 29.9 Å². The van der Waals surface area contributed by atoms with E-state index in [4.69, 9.17) is 0 Å². The molecule has 1 unspecified atom stereocenters. The number of hydrogen-bond acceptors (Lipinski definition) is 4. The third-order valence-electron chi connectivity index (χ3n) is 4.01. The van der Waals surface area contributed by atoms with Gasteiger partial charge in [0.15, 0.2) is 0 Å². The standard InChI is InChI=1S/C17H18BrFN6O/c1-10-15(18)11(2)25(22-10)12(3)16(26)21-17-20-9-24(23-17)8-13-4-6-14(19)7-5-13/h4-7,9,12H,8H2,1-3H3,(H,21,23,26). The van der Waals surface area contributed by atoms with Crippen molar-refractivity contribution in [2.75, 3.05) is 5.32 Å². The average Bonchev–Trinajstić information content (AvgIpc) is 3.15. The first kappa shape index (κ1) is 18.2. The topological polar surface area (TPSA) is 77.6 Å². The van der Waals surface area contributed by atoms with Crippen LogP contribution in [0.4, 0.5) is 10.3 Å². The summed E-state index contributed by atoms with van der Waals surface area (Å²) in [6.45, 7) is 5.96. The molecule has 26 heavy (non-hydrogen) atoms. The van der Waals surface area contributed by atoms with E-state index in [0.29, 0.717) is 6.54 Å². The normalized spacial score (nSPS) is 12.2. The number of halogens is 2. The molecule has 2 aromatic heterocycles. The number of rotatable bonds is 5. The van der Waals surface area contributed by atoms with Crippen LogP contribution in [-0.2, 0) is 11.3 Å². The van der Waals surface area contributed by atoms with Gasteiger partial charge in [0.25, 0.3) is 5.91 Å². The minimum Gasteiger partial charge on any atom is -0.291 e. The van der Waals surface area contributed by atoms with E-state index in [9.17, 15) is 9.18 Å². The monoisotopic (exact) mass is 420 g/mol. The first-order valence-corrected chi connectivity index (χ1v) is 8.80. The fourth-order valence-corrected chi connectivity index (χ4v) is 2.81. The van der Waals surface area contributed by atoms with E-state index in [0.717, 1.165) is 21.4 Å². The zero-order chi connectivity index (χ0) is 18.8. The second-order valence-corrected chi connectivity index (χ2v) is 6.78. The van der Waals surface area contributed by atoms with Crippen molar-refractivity contribution in [2.24, 2.45) is 0 Å². The summed E-state index contributed by atoms with van der Waals surface area (Å²) in [6.07, 6.45) is 1.52. The van der Waals surface area contributed by atoms with Crippen molar-refractivity contribution in [3.8, 4) is 0 Å². The second-order valence-electron chi connectivity index (χ2n) is 5.99. The van der Waals surface area contributed by atoms with Crippen LogP contribution in [0.2, 0.25) is 0 Å². The third-order valence-corrected chi connectivity index (χ3v) is 5.16. The van der Waals surface area contributed by atoms with Gasteiger partial charge in [-0.15, -0.1) is 5.10 Å². The number of hydrogen-bond donors (Lipinski definition) is 1. The first-order valence-electron chi connectivity index (χ1n) is 8.01. The Morgan fingerprint density at radius 1 is 1.27 bits per heavy atom. The molecular formula is C17H18BrFN6O. The number of nitrogens with zero attached hydrogens (tertiary/aromatic N) is 5. The van der Waals surface area contributed by atoms with Crippen molar-refractivity contribution in [1.29, 1.82) is 0 Å². The Morgan fingerprint density at radius 2 is 1.96 bits per heavy atom. The quantitative estimate of drug-likeness (QED) is 0.686. The molecule has 0 aliphatic heterocycles. The Hall–Kier alpha value is -2.55. The van der Waals surface area contributed by atoms with E-state index in [1.54, 1.807) is 28.4 Å². The van der Waals surface area contributed by atoms with Crippen LogP contribution in [0, 0.1) is 19.7 Å². The molecule has 136 valence electrons. The van der Waals surface area contributed by atoms with E-state index in [1.165, 1.54) is 18.5 Å². The minimum atomic E-state index is -0.510. The molecule has 1 aromatic carbocycles. The Balaban J connectivity index is 1.67. The Kier molecular flexibility index (Phi) is 5.17. The highest BCUT2D eigenvalue weighted by Crippen LogP contribution is 2.23. The average molecular weight is 421 g/mol. The summed E-state index contributed by atoms with van der Waals surface area (Å²) in [7, 11) is 0. The molecule has 0 saturated heterocycles. The highest BCUT2D eigenvalue weighted by Gasteiger charge is 2.21. The van der Waals surface area contributed by atoms with Crippen molar-refractivity contribution in [3.05, 3.63) is 57.8 Å². The fraction of sp³-hybridized carbons (Fsp3) is 0.294. The summed E-state index contributed by atoms with van der Waals surface area (Å²) in [6, 6.07) is 5.63. The van der Waals surface area contributed by atoms with Gasteiger partial charge in [-0.2, -0.15) is 5.10 Å². The number of aryl methyl sites for hydroxylation is 1. The molecule has 3 aromatic rings. The number of carbonyl (C=O) groups is 1. The van der Waals surface area contributed by atoms with E-state index in [-0.39, 0.29) is 17.7 Å². The van der Waals surface area contributed by atoms with Crippen molar-refractivity contribution >= 4 is 27.8 Å². The van der Waals surface area contributed by atoms with Gasteiger partial charge in [0.2, 0.25) is 5.95 Å². The first-order chi connectivity index (χ1) is 12.3. The summed E-state index contributed by atoms with van der Waals surface area (Å²) in [5.41, 5.74) is 2.58. The van der Waals surface area contributed by atoms with Crippen molar-refractivity contribution in [1.82, 2.24) is 24.5 Å². The van der Waals surface area contributed by atoms with Gasteiger partial charge >= 0.3 is 0 Å². The highest BCUT2D eigenvalue weighted by molar-refractivity contribution is 9.10. The lowest BCUT2D eigenvalue weighted by atomic mass is 10.2. The molecule has 0 aliphatic carbocycles. The maximum atomic E-state index is 13.0. The van der Waals surface area contributed by atoms with Crippen LogP contribution in [0.15, 0.2) is 35.1 Å². The van der Waals surface area contributed by atoms with Gasteiger partial charge in [0, 0.05) is 0 Å². The molecule has 0 fully saturated rings. The summed E-state index contributed by atoms with van der Waals surface area (Å²) >= 11 is 3.46. The van der Waals surface area contributed by atoms with Gasteiger partial charge in [0.1, 0.15) is 18.2 Å². The SMILES string of the molecule is Cc1nn(C(C)C(=O)Nc2ncn(Cc3ccc(F)cc3)n2)c(C)c1Br. The molecule has 0 saturated carbocycles. The van der Waals surface area contributed by atoms with Gasteiger partial charge in [-0.25, -0.2) is 14.1 Å². The molecule has 9 heteroatoms. The van der Waals surface area contributed by atoms with E-state index < -0.39 is 6.04 Å². The maximum absolute atomic E-state index is 13.0. The summed E-state index contributed by atoms with van der Waals surface area (Å²) in [4.78, 5) is 16.6. The summed E-state index contributed by atoms with van der Waals surface area (Å²) < 4.78 is 17.1. The van der Waals surface area contributed by atoms with E-state index in [1.807, 2.05) is 13.8 Å². The lowest BCUT2D eigenvalue weighted by Gasteiger charge is -2.13. The molecule has 1 atom stereocenters.